The van der Waals surface area contributed by atoms with E-state index in [0.29, 0.717) is 19.3 Å². The van der Waals surface area contributed by atoms with Crippen LogP contribution in [-0.2, 0) is 28.6 Å². The Morgan fingerprint density at radius 3 is 2.05 bits per heavy atom. The van der Waals surface area contributed by atoms with E-state index in [1.807, 2.05) is 28.1 Å². The lowest BCUT2D eigenvalue weighted by atomic mass is 10.1. The number of esters is 2. The molecule has 0 saturated heterocycles. The van der Waals surface area contributed by atoms with E-state index in [-0.39, 0.29) is 36.2 Å². The number of allylic oxidation sites excluding steroid dienone is 4. The lowest BCUT2D eigenvalue weighted by Crippen LogP contribution is -2.50. The maximum absolute atomic E-state index is 12.4. The average molecular weight is 555 g/mol. The fourth-order valence-electron chi connectivity index (χ4n) is 3.93. The maximum Gasteiger partial charge on any atom is 0.362 e. The van der Waals surface area contributed by atoms with Crippen molar-refractivity contribution in [3.8, 4) is 0 Å². The van der Waals surface area contributed by atoms with E-state index in [1.165, 1.54) is 6.42 Å². The summed E-state index contributed by atoms with van der Waals surface area (Å²) in [6.07, 6.45) is 20.3. The van der Waals surface area contributed by atoms with E-state index >= 15 is 0 Å². The molecule has 0 aliphatic rings. The minimum absolute atomic E-state index is 0.0538. The molecular formula is C31H56NO7+. The minimum atomic E-state index is -0.884. The molecule has 0 aromatic heterocycles. The number of carbonyl (C=O) groups excluding carboxylic acids is 2. The molecule has 0 saturated carbocycles. The van der Waals surface area contributed by atoms with Gasteiger partial charge in [-0.15, -0.1) is 0 Å². The number of likely N-dealkylation sites (N-methyl/N-ethyl adjacent to an activating group) is 1. The SMILES string of the molecule is CCC/C=C\C/C=C\CCCCCCCC(=O)OC(COCCC(C(=O)O)[N+](C)(C)C)COC(=O)CCCC. The minimum Gasteiger partial charge on any atom is -0.477 e. The Bertz CT molecular complexity index is 712. The molecule has 2 unspecified atom stereocenters. The van der Waals surface area contributed by atoms with Crippen LogP contribution in [0.3, 0.4) is 0 Å². The zero-order valence-corrected chi connectivity index (χ0v) is 25.3. The normalized spacial score (nSPS) is 13.6. The first-order valence-electron chi connectivity index (χ1n) is 14.9. The van der Waals surface area contributed by atoms with Crippen LogP contribution in [0, 0.1) is 0 Å². The van der Waals surface area contributed by atoms with Gasteiger partial charge in [0.1, 0.15) is 6.61 Å². The van der Waals surface area contributed by atoms with E-state index in [2.05, 4.69) is 31.2 Å². The molecule has 0 aromatic carbocycles. The van der Waals surface area contributed by atoms with Crippen molar-refractivity contribution in [1.82, 2.24) is 0 Å². The van der Waals surface area contributed by atoms with Crippen molar-refractivity contribution in [1.29, 1.82) is 0 Å². The number of unbranched alkanes of at least 4 members (excludes halogenated alkanes) is 7. The Labute approximate surface area is 237 Å². The van der Waals surface area contributed by atoms with Crippen molar-refractivity contribution in [2.45, 2.75) is 116 Å². The fourth-order valence-corrected chi connectivity index (χ4v) is 3.93. The van der Waals surface area contributed by atoms with Crippen LogP contribution in [-0.4, -0.2) is 80.6 Å². The topological polar surface area (TPSA) is 99.1 Å². The van der Waals surface area contributed by atoms with Crippen molar-refractivity contribution in [3.05, 3.63) is 24.3 Å². The lowest BCUT2D eigenvalue weighted by Gasteiger charge is -2.31. The van der Waals surface area contributed by atoms with Gasteiger partial charge < -0.3 is 23.8 Å². The van der Waals surface area contributed by atoms with Gasteiger partial charge in [0.2, 0.25) is 0 Å². The van der Waals surface area contributed by atoms with Gasteiger partial charge in [0.15, 0.2) is 12.1 Å². The first-order chi connectivity index (χ1) is 18.6. The number of rotatable bonds is 25. The first kappa shape index (κ1) is 36.8. The number of aliphatic carboxylic acids is 1. The Balaban J connectivity index is 4.36. The summed E-state index contributed by atoms with van der Waals surface area (Å²) in [5.41, 5.74) is 0. The van der Waals surface area contributed by atoms with E-state index in [9.17, 15) is 19.5 Å². The van der Waals surface area contributed by atoms with E-state index in [0.717, 1.165) is 64.2 Å². The summed E-state index contributed by atoms with van der Waals surface area (Å²) in [6.45, 7) is 4.37. The molecule has 0 radical (unpaired) electrons. The molecule has 226 valence electrons. The predicted octanol–water partition coefficient (Wildman–Crippen LogP) is 6.23. The average Bonchev–Trinajstić information content (AvgIpc) is 2.87. The van der Waals surface area contributed by atoms with Crippen LogP contribution in [0.4, 0.5) is 0 Å². The van der Waals surface area contributed by atoms with Gasteiger partial charge in [-0.2, -0.15) is 0 Å². The van der Waals surface area contributed by atoms with Gasteiger partial charge in [-0.25, -0.2) is 4.79 Å². The van der Waals surface area contributed by atoms with E-state index in [1.54, 1.807) is 0 Å². The zero-order valence-electron chi connectivity index (χ0n) is 25.3. The highest BCUT2D eigenvalue weighted by molar-refractivity contribution is 5.72. The molecule has 0 aliphatic carbocycles. The first-order valence-corrected chi connectivity index (χ1v) is 14.9. The van der Waals surface area contributed by atoms with Gasteiger partial charge in [0.05, 0.1) is 34.4 Å². The fraction of sp³-hybridized carbons (Fsp3) is 0.774. The zero-order chi connectivity index (χ0) is 29.4. The van der Waals surface area contributed by atoms with Gasteiger partial charge >= 0.3 is 17.9 Å². The smallest absolute Gasteiger partial charge is 0.362 e. The maximum atomic E-state index is 12.4. The third-order valence-corrected chi connectivity index (χ3v) is 6.33. The third kappa shape index (κ3) is 22.3. The number of nitrogens with zero attached hydrogens (tertiary/aromatic N) is 1. The Morgan fingerprint density at radius 2 is 1.41 bits per heavy atom. The lowest BCUT2D eigenvalue weighted by molar-refractivity contribution is -0.887. The molecule has 2 atom stereocenters. The molecule has 0 bridgehead atoms. The van der Waals surface area contributed by atoms with Crippen molar-refractivity contribution in [2.75, 3.05) is 41.0 Å². The van der Waals surface area contributed by atoms with Crippen molar-refractivity contribution < 1.29 is 38.2 Å². The summed E-state index contributed by atoms with van der Waals surface area (Å²) in [4.78, 5) is 35.9. The van der Waals surface area contributed by atoms with Crippen LogP contribution in [0.5, 0.6) is 0 Å². The van der Waals surface area contributed by atoms with Crippen LogP contribution >= 0.6 is 0 Å². The summed E-state index contributed by atoms with van der Waals surface area (Å²) < 4.78 is 16.8. The Morgan fingerprint density at radius 1 is 0.769 bits per heavy atom. The Hall–Kier alpha value is -2.19. The van der Waals surface area contributed by atoms with Gasteiger partial charge in [-0.05, 0) is 38.5 Å². The van der Waals surface area contributed by atoms with Crippen LogP contribution < -0.4 is 0 Å². The van der Waals surface area contributed by atoms with Crippen LogP contribution in [0.15, 0.2) is 24.3 Å². The van der Waals surface area contributed by atoms with Gasteiger partial charge in [0.25, 0.3) is 0 Å². The summed E-state index contributed by atoms with van der Waals surface area (Å²) in [6, 6.07) is -0.610. The largest absolute Gasteiger partial charge is 0.477 e. The molecule has 39 heavy (non-hydrogen) atoms. The quantitative estimate of drug-likeness (QED) is 0.0618. The highest BCUT2D eigenvalue weighted by Gasteiger charge is 2.31. The second kappa shape index (κ2) is 23.7. The van der Waals surface area contributed by atoms with Gasteiger partial charge in [0, 0.05) is 19.3 Å². The molecule has 0 spiro atoms. The number of carboxylic acid groups (broad SMARTS) is 1. The molecule has 0 heterocycles. The molecule has 0 amide bonds. The van der Waals surface area contributed by atoms with Gasteiger partial charge in [-0.3, -0.25) is 9.59 Å². The summed E-state index contributed by atoms with van der Waals surface area (Å²) in [5, 5.41) is 9.47. The van der Waals surface area contributed by atoms with E-state index in [4.69, 9.17) is 14.2 Å². The molecule has 0 fully saturated rings. The highest BCUT2D eigenvalue weighted by Crippen LogP contribution is 2.11. The molecule has 0 aliphatic heterocycles. The molecule has 0 rings (SSSR count). The second-order valence-corrected chi connectivity index (χ2v) is 11.0. The number of carbonyl (C=O) groups is 3. The number of hydrogen-bond acceptors (Lipinski definition) is 6. The van der Waals surface area contributed by atoms with Crippen LogP contribution in [0.1, 0.15) is 104 Å². The molecule has 0 aromatic rings. The third-order valence-electron chi connectivity index (χ3n) is 6.33. The molecule has 1 N–H and O–H groups in total. The van der Waals surface area contributed by atoms with Crippen LogP contribution in [0.25, 0.3) is 0 Å². The number of hydrogen-bond donors (Lipinski definition) is 1. The summed E-state index contributed by atoms with van der Waals surface area (Å²) in [7, 11) is 5.47. The highest BCUT2D eigenvalue weighted by atomic mass is 16.6. The number of quaternary nitrogens is 1. The molecule has 8 heteroatoms. The molecular weight excluding hydrogens is 498 g/mol. The summed E-state index contributed by atoms with van der Waals surface area (Å²) in [5.74, 6) is -1.54. The standard InChI is InChI=1S/C31H55NO7/c1-6-8-10-11-12-13-14-15-16-17-18-19-20-22-30(34)39-27(26-38-29(33)21-9-7-2)25-37-24-23-28(31(35)36)32(3,4)5/h10-11,13-14,27-28H,6-9,12,15-26H2,1-5H3/p+1/b11-10-,14-13-. The van der Waals surface area contributed by atoms with Crippen LogP contribution in [0.2, 0.25) is 0 Å². The van der Waals surface area contributed by atoms with Gasteiger partial charge in [-0.1, -0.05) is 70.3 Å². The van der Waals surface area contributed by atoms with Crippen molar-refractivity contribution >= 4 is 17.9 Å². The monoisotopic (exact) mass is 554 g/mol. The number of ether oxygens (including phenoxy) is 3. The Kier molecular flexibility index (Phi) is 22.3. The predicted molar refractivity (Wildman–Crippen MR) is 155 cm³/mol. The molecule has 8 nitrogen and oxygen atoms in total. The van der Waals surface area contributed by atoms with Crippen molar-refractivity contribution in [2.24, 2.45) is 0 Å². The number of carboxylic acids is 1. The summed E-state index contributed by atoms with van der Waals surface area (Å²) >= 11 is 0. The van der Waals surface area contributed by atoms with E-state index < -0.39 is 18.1 Å². The second-order valence-electron chi connectivity index (χ2n) is 11.0. The van der Waals surface area contributed by atoms with Crippen molar-refractivity contribution in [3.63, 3.8) is 0 Å².